The van der Waals surface area contributed by atoms with Crippen LogP contribution in [-0.2, 0) is 22.7 Å². The Balaban J connectivity index is 0.00000133. The van der Waals surface area contributed by atoms with Crippen LogP contribution in [0.3, 0.4) is 0 Å². The molecule has 2 aromatic rings. The minimum absolute atomic E-state index is 0. The summed E-state index contributed by atoms with van der Waals surface area (Å²) in [6, 6.07) is 0. The molecule has 0 aromatic carbocycles. The molecule has 8 nitrogen and oxygen atoms in total. The number of aliphatic carboxylic acids is 1. The summed E-state index contributed by atoms with van der Waals surface area (Å²) in [7, 11) is 0. The maximum absolute atomic E-state index is 12.0. The number of carbonyl (C=O) groups excluding carboxylic acids is 1. The predicted molar refractivity (Wildman–Crippen MR) is 62.4 cm³/mol. The number of carboxylic acid groups (broad SMARTS) is 1. The highest BCUT2D eigenvalue weighted by Gasteiger charge is 2.24. The number of carboxylic acids is 1. The number of imidazole rings is 1. The average molecular weight is 252 g/mol. The molecule has 1 aliphatic rings. The molecule has 0 saturated heterocycles. The minimum Gasteiger partial charge on any atom is -0.480 e. The van der Waals surface area contributed by atoms with Crippen LogP contribution < -0.4 is 11.0 Å². The second kappa shape index (κ2) is 3.42. The molecule has 2 N–H and O–H groups in total. The van der Waals surface area contributed by atoms with E-state index in [4.69, 9.17) is 5.11 Å². The van der Waals surface area contributed by atoms with Gasteiger partial charge in [0.1, 0.15) is 13.1 Å². The Kier molecular flexibility index (Phi) is 2.00. The fraction of sp³-hybridized carbons (Fsp3) is 0.200. The van der Waals surface area contributed by atoms with Gasteiger partial charge in [-0.15, -0.1) is 0 Å². The van der Waals surface area contributed by atoms with Gasteiger partial charge in [-0.25, -0.2) is 4.79 Å². The molecule has 94 valence electrons. The lowest BCUT2D eigenvalue weighted by Gasteiger charge is -2.13. The van der Waals surface area contributed by atoms with E-state index in [1.807, 2.05) is 0 Å². The van der Waals surface area contributed by atoms with Gasteiger partial charge in [0.2, 0.25) is 5.91 Å². The summed E-state index contributed by atoms with van der Waals surface area (Å²) in [5.41, 5.74) is 0.817. The van der Waals surface area contributed by atoms with Gasteiger partial charge in [0.05, 0.1) is 29.1 Å². The van der Waals surface area contributed by atoms with Crippen LogP contribution in [-0.4, -0.2) is 31.1 Å². The summed E-state index contributed by atoms with van der Waals surface area (Å²) < 4.78 is 2.35. The van der Waals surface area contributed by atoms with Crippen molar-refractivity contribution >= 4 is 28.6 Å². The van der Waals surface area contributed by atoms with Gasteiger partial charge in [-0.1, -0.05) is 0 Å². The van der Waals surface area contributed by atoms with Crippen LogP contribution in [0.5, 0.6) is 0 Å². The smallest absolute Gasteiger partial charge is 0.330 e. The number of aromatic nitrogens is 3. The molecule has 3 heterocycles. The number of hydrogen-bond donors (Lipinski definition) is 2. The highest BCUT2D eigenvalue weighted by atomic mass is 16.4. The first-order chi connectivity index (χ1) is 8.58. The summed E-state index contributed by atoms with van der Waals surface area (Å²) in [4.78, 5) is 38.1. The largest absolute Gasteiger partial charge is 0.480 e. The SMILES string of the molecule is O=C(O)Cn1c(=O)n2c3c(cncc31)NC(=O)C2.[3HH]. The van der Waals surface area contributed by atoms with Gasteiger partial charge >= 0.3 is 11.7 Å². The van der Waals surface area contributed by atoms with E-state index in [0.717, 1.165) is 4.57 Å². The van der Waals surface area contributed by atoms with E-state index in [0.29, 0.717) is 16.7 Å². The number of rotatable bonds is 2. The number of anilines is 1. The lowest BCUT2D eigenvalue weighted by atomic mass is 10.3. The molecule has 1 amide bonds. The van der Waals surface area contributed by atoms with E-state index in [9.17, 15) is 14.4 Å². The van der Waals surface area contributed by atoms with Gasteiger partial charge in [0.15, 0.2) is 0 Å². The quantitative estimate of drug-likeness (QED) is 0.748. The van der Waals surface area contributed by atoms with Crippen LogP contribution in [0, 0.1) is 0 Å². The monoisotopic (exact) mass is 252 g/mol. The lowest BCUT2D eigenvalue weighted by Crippen LogP contribution is -2.32. The van der Waals surface area contributed by atoms with E-state index in [1.165, 1.54) is 17.0 Å². The molecule has 1 aliphatic heterocycles. The van der Waals surface area contributed by atoms with Gasteiger partial charge < -0.3 is 10.4 Å². The first-order valence-electron chi connectivity index (χ1n) is 5.16. The van der Waals surface area contributed by atoms with Crippen LogP contribution >= 0.6 is 0 Å². The molecule has 0 atom stereocenters. The molecule has 0 unspecified atom stereocenters. The third-order valence-electron chi connectivity index (χ3n) is 2.79. The molecule has 0 fully saturated rings. The summed E-state index contributed by atoms with van der Waals surface area (Å²) >= 11 is 0. The summed E-state index contributed by atoms with van der Waals surface area (Å²) in [5.74, 6) is -1.45. The molecule has 3 rings (SSSR count). The van der Waals surface area contributed by atoms with Crippen LogP contribution in [0.25, 0.3) is 11.0 Å². The molecule has 18 heavy (non-hydrogen) atoms. The second-order valence-electron chi connectivity index (χ2n) is 3.95. The van der Waals surface area contributed by atoms with Crippen molar-refractivity contribution in [3.05, 3.63) is 22.9 Å². The number of amides is 1. The number of pyridine rings is 1. The number of nitrogens with zero attached hydrogens (tertiary/aromatic N) is 3. The van der Waals surface area contributed by atoms with E-state index in [-0.39, 0.29) is 13.9 Å². The molecule has 8 heteroatoms. The topological polar surface area (TPSA) is 106 Å². The number of carbonyl (C=O) groups is 2. The third-order valence-corrected chi connectivity index (χ3v) is 2.79. The molecule has 0 bridgehead atoms. The molecule has 0 spiro atoms. The van der Waals surface area contributed by atoms with E-state index < -0.39 is 18.2 Å². The third kappa shape index (κ3) is 1.32. The van der Waals surface area contributed by atoms with Crippen molar-refractivity contribution in [3.63, 3.8) is 0 Å². The molecular weight excluding hydrogens is 240 g/mol. The summed E-state index contributed by atoms with van der Waals surface area (Å²) in [5, 5.41) is 11.4. The van der Waals surface area contributed by atoms with Crippen LogP contribution in [0.1, 0.15) is 1.43 Å². The van der Waals surface area contributed by atoms with E-state index in [1.54, 1.807) is 0 Å². The van der Waals surface area contributed by atoms with Gasteiger partial charge in [-0.2, -0.15) is 0 Å². The molecule has 0 aliphatic carbocycles. The normalized spacial score (nSPS) is 13.7. The first-order valence-corrected chi connectivity index (χ1v) is 5.16. The zero-order valence-corrected chi connectivity index (χ0v) is 9.08. The maximum Gasteiger partial charge on any atom is 0.330 e. The molecule has 0 saturated carbocycles. The standard InChI is InChI=1S/C10H8N4O4.H2/c15-7-3-14-9-5(12-7)1-11-2-6(9)13(10(14)18)4-8(16)17;/h1-2H,3-4H2,(H,12,15)(H,16,17);1H/i;1+2. The van der Waals surface area contributed by atoms with Crippen molar-refractivity contribution in [3.8, 4) is 0 Å². The highest BCUT2D eigenvalue weighted by molar-refractivity contribution is 6.02. The van der Waals surface area contributed by atoms with Gasteiger partial charge in [0, 0.05) is 1.43 Å². The number of hydrogen-bond acceptors (Lipinski definition) is 4. The predicted octanol–water partition coefficient (Wildman–Crippen LogP) is -0.519. The van der Waals surface area contributed by atoms with Crippen LogP contribution in [0.4, 0.5) is 5.69 Å². The van der Waals surface area contributed by atoms with E-state index in [2.05, 4.69) is 10.3 Å². The zero-order valence-electron chi connectivity index (χ0n) is 9.08. The van der Waals surface area contributed by atoms with Crippen molar-refractivity contribution in [2.45, 2.75) is 13.1 Å². The van der Waals surface area contributed by atoms with Gasteiger partial charge in [-0.3, -0.25) is 23.7 Å². The first kappa shape index (κ1) is 10.5. The van der Waals surface area contributed by atoms with Crippen molar-refractivity contribution in [2.24, 2.45) is 0 Å². The van der Waals surface area contributed by atoms with Crippen LogP contribution in [0.2, 0.25) is 0 Å². The second-order valence-corrected chi connectivity index (χ2v) is 3.95. The Labute approximate surface area is 101 Å². The summed E-state index contributed by atoms with van der Waals surface area (Å²) in [6.45, 7) is -0.569. The van der Waals surface area contributed by atoms with Crippen molar-refractivity contribution in [1.29, 1.82) is 0 Å². The van der Waals surface area contributed by atoms with Crippen molar-refractivity contribution in [1.82, 2.24) is 14.1 Å². The lowest BCUT2D eigenvalue weighted by molar-refractivity contribution is -0.137. The highest BCUT2D eigenvalue weighted by Crippen LogP contribution is 2.24. The summed E-state index contributed by atoms with van der Waals surface area (Å²) in [6.07, 6.45) is 2.84. The minimum atomic E-state index is -1.12. The fourth-order valence-electron chi connectivity index (χ4n) is 2.13. The number of nitrogens with one attached hydrogen (secondary N) is 1. The maximum atomic E-state index is 12.0. The van der Waals surface area contributed by atoms with Crippen molar-refractivity contribution in [2.75, 3.05) is 5.32 Å². The fourth-order valence-corrected chi connectivity index (χ4v) is 2.13. The van der Waals surface area contributed by atoms with Gasteiger partial charge in [-0.05, 0) is 0 Å². The van der Waals surface area contributed by atoms with Crippen molar-refractivity contribution < 1.29 is 16.1 Å². The Hall–Kier alpha value is -2.64. The van der Waals surface area contributed by atoms with Gasteiger partial charge in [0.25, 0.3) is 0 Å². The Morgan fingerprint density at radius 3 is 3.00 bits per heavy atom. The Morgan fingerprint density at radius 1 is 1.50 bits per heavy atom. The molecule has 2 aromatic heterocycles. The zero-order chi connectivity index (χ0) is 12.9. The average Bonchev–Trinajstić information content (AvgIpc) is 2.56. The Morgan fingerprint density at radius 2 is 2.28 bits per heavy atom. The molecule has 0 radical (unpaired) electrons. The van der Waals surface area contributed by atoms with E-state index >= 15 is 0 Å². The molecular formula is C10H10N4O4. The Bertz CT molecular complexity index is 748. The van der Waals surface area contributed by atoms with Crippen LogP contribution in [0.15, 0.2) is 17.2 Å².